The lowest BCUT2D eigenvalue weighted by molar-refractivity contribution is -0.151. The SMILES string of the molecule is O=CO[C@H](CCc1ccc(-c2ccc(Cl)cc2)cc1)[C@@H](CCN1C(=O)c2ccccc2C1=O)C(=O)O. The topological polar surface area (TPSA) is 101 Å². The van der Waals surface area contributed by atoms with Gasteiger partial charge in [0.1, 0.15) is 6.10 Å². The van der Waals surface area contributed by atoms with E-state index >= 15 is 0 Å². The van der Waals surface area contributed by atoms with Crippen LogP contribution in [0.5, 0.6) is 0 Å². The van der Waals surface area contributed by atoms with Crippen molar-refractivity contribution in [2.75, 3.05) is 6.54 Å². The Kier molecular flexibility index (Phi) is 7.80. The zero-order valence-electron chi connectivity index (χ0n) is 19.3. The molecule has 1 heterocycles. The fourth-order valence-electron chi connectivity index (χ4n) is 4.43. The van der Waals surface area contributed by atoms with Crippen LogP contribution >= 0.6 is 11.6 Å². The number of imide groups is 1. The number of aliphatic carboxylic acids is 1. The van der Waals surface area contributed by atoms with Crippen LogP contribution in [0.4, 0.5) is 0 Å². The fraction of sp³-hybridized carbons (Fsp3) is 0.214. The third kappa shape index (κ3) is 5.47. The second kappa shape index (κ2) is 11.2. The van der Waals surface area contributed by atoms with Crippen molar-refractivity contribution in [3.05, 3.63) is 94.5 Å². The van der Waals surface area contributed by atoms with E-state index in [0.29, 0.717) is 22.6 Å². The Morgan fingerprint density at radius 3 is 1.97 bits per heavy atom. The van der Waals surface area contributed by atoms with Gasteiger partial charge in [0.25, 0.3) is 18.3 Å². The van der Waals surface area contributed by atoms with Crippen molar-refractivity contribution < 1.29 is 29.0 Å². The average molecular weight is 506 g/mol. The molecule has 184 valence electrons. The van der Waals surface area contributed by atoms with Gasteiger partial charge in [-0.15, -0.1) is 0 Å². The summed E-state index contributed by atoms with van der Waals surface area (Å²) in [6, 6.07) is 21.8. The number of nitrogens with zero attached hydrogens (tertiary/aromatic N) is 1. The highest BCUT2D eigenvalue weighted by Gasteiger charge is 2.37. The van der Waals surface area contributed by atoms with E-state index < -0.39 is 29.8 Å². The summed E-state index contributed by atoms with van der Waals surface area (Å²) >= 11 is 5.95. The molecule has 0 spiro atoms. The standard InChI is InChI=1S/C28H24ClNO6/c29-21-12-10-20(11-13-21)19-8-5-18(6-9-19)7-14-25(36-17-31)24(28(34)35)15-16-30-26(32)22-3-1-2-4-23(22)27(30)33/h1-6,8-13,17,24-25H,7,14-16H2,(H,34,35)/t24-,25-/m1/s1. The molecule has 3 aromatic carbocycles. The molecule has 3 aromatic rings. The fourth-order valence-corrected chi connectivity index (χ4v) is 4.56. The van der Waals surface area contributed by atoms with Gasteiger partial charge in [-0.05, 0) is 60.2 Å². The van der Waals surface area contributed by atoms with Gasteiger partial charge < -0.3 is 9.84 Å². The molecular weight excluding hydrogens is 482 g/mol. The lowest BCUT2D eigenvalue weighted by Crippen LogP contribution is -2.37. The van der Waals surface area contributed by atoms with E-state index in [1.165, 1.54) is 0 Å². The predicted octanol–water partition coefficient (Wildman–Crippen LogP) is 4.87. The second-order valence-electron chi connectivity index (χ2n) is 8.55. The van der Waals surface area contributed by atoms with Gasteiger partial charge in [0.15, 0.2) is 0 Å². The quantitative estimate of drug-likeness (QED) is 0.295. The average Bonchev–Trinajstić information content (AvgIpc) is 3.13. The smallest absolute Gasteiger partial charge is 0.310 e. The number of hydrogen-bond donors (Lipinski definition) is 1. The summed E-state index contributed by atoms with van der Waals surface area (Å²) in [4.78, 5) is 49.5. The van der Waals surface area contributed by atoms with Crippen molar-refractivity contribution in [1.82, 2.24) is 4.90 Å². The van der Waals surface area contributed by atoms with Gasteiger partial charge in [0.05, 0.1) is 17.0 Å². The number of halogens is 1. The van der Waals surface area contributed by atoms with Crippen molar-refractivity contribution in [2.24, 2.45) is 5.92 Å². The molecule has 0 saturated heterocycles. The first-order chi connectivity index (χ1) is 17.4. The minimum atomic E-state index is -1.16. The summed E-state index contributed by atoms with van der Waals surface area (Å²) in [7, 11) is 0. The largest absolute Gasteiger partial charge is 0.481 e. The minimum absolute atomic E-state index is 0.0329. The van der Waals surface area contributed by atoms with E-state index in [1.54, 1.807) is 24.3 Å². The predicted molar refractivity (Wildman–Crippen MR) is 134 cm³/mol. The third-order valence-corrected chi connectivity index (χ3v) is 6.64. The molecule has 4 rings (SSSR count). The van der Waals surface area contributed by atoms with Gasteiger partial charge in [0.2, 0.25) is 0 Å². The van der Waals surface area contributed by atoms with E-state index in [-0.39, 0.29) is 25.9 Å². The highest BCUT2D eigenvalue weighted by molar-refractivity contribution is 6.30. The maximum absolute atomic E-state index is 12.6. The molecule has 0 unspecified atom stereocenters. The number of hydrogen-bond acceptors (Lipinski definition) is 5. The van der Waals surface area contributed by atoms with Crippen LogP contribution in [0.1, 0.15) is 39.1 Å². The van der Waals surface area contributed by atoms with E-state index in [0.717, 1.165) is 21.6 Å². The second-order valence-corrected chi connectivity index (χ2v) is 8.99. The normalized spacial score (nSPS) is 14.3. The number of amides is 2. The molecule has 36 heavy (non-hydrogen) atoms. The Morgan fingerprint density at radius 2 is 1.44 bits per heavy atom. The lowest BCUT2D eigenvalue weighted by atomic mass is 9.92. The van der Waals surface area contributed by atoms with Gasteiger partial charge in [-0.3, -0.25) is 24.1 Å². The third-order valence-electron chi connectivity index (χ3n) is 6.39. The van der Waals surface area contributed by atoms with Crippen LogP contribution in [-0.4, -0.2) is 46.9 Å². The summed E-state index contributed by atoms with van der Waals surface area (Å²) < 4.78 is 5.16. The molecule has 1 aliphatic heterocycles. The molecule has 0 aromatic heterocycles. The number of fused-ring (bicyclic) bond motifs is 1. The lowest BCUT2D eigenvalue weighted by Gasteiger charge is -2.24. The Hall–Kier alpha value is -3.97. The zero-order valence-corrected chi connectivity index (χ0v) is 20.1. The van der Waals surface area contributed by atoms with Gasteiger partial charge in [0, 0.05) is 11.6 Å². The highest BCUT2D eigenvalue weighted by Crippen LogP contribution is 2.26. The van der Waals surface area contributed by atoms with E-state index in [9.17, 15) is 24.3 Å². The zero-order chi connectivity index (χ0) is 25.7. The molecule has 2 amide bonds. The summed E-state index contributed by atoms with van der Waals surface area (Å²) in [5, 5.41) is 10.5. The van der Waals surface area contributed by atoms with Crippen molar-refractivity contribution in [3.8, 4) is 11.1 Å². The van der Waals surface area contributed by atoms with Crippen LogP contribution < -0.4 is 0 Å². The molecule has 0 radical (unpaired) electrons. The van der Waals surface area contributed by atoms with Crippen LogP contribution in [0.15, 0.2) is 72.8 Å². The molecule has 1 N–H and O–H groups in total. The molecular formula is C28H24ClNO6. The van der Waals surface area contributed by atoms with Crippen molar-refractivity contribution in [1.29, 1.82) is 0 Å². The van der Waals surface area contributed by atoms with Gasteiger partial charge >= 0.3 is 5.97 Å². The summed E-state index contributed by atoms with van der Waals surface area (Å²) in [5.41, 5.74) is 3.60. The number of carboxylic acids is 1. The molecule has 2 atom stereocenters. The number of carbonyl (C=O) groups is 4. The Balaban J connectivity index is 1.40. The van der Waals surface area contributed by atoms with Crippen LogP contribution in [0.3, 0.4) is 0 Å². The first-order valence-electron chi connectivity index (χ1n) is 11.5. The number of ether oxygens (including phenoxy) is 1. The summed E-state index contributed by atoms with van der Waals surface area (Å²) in [6.45, 7) is 0.157. The molecule has 7 nitrogen and oxygen atoms in total. The Bertz CT molecular complexity index is 1240. The number of carbonyl (C=O) groups excluding carboxylic acids is 3. The number of carboxylic acid groups (broad SMARTS) is 1. The van der Waals surface area contributed by atoms with Crippen molar-refractivity contribution in [2.45, 2.75) is 25.4 Å². The Morgan fingerprint density at radius 1 is 0.889 bits per heavy atom. The first kappa shape index (κ1) is 25.1. The van der Waals surface area contributed by atoms with E-state index in [4.69, 9.17) is 16.3 Å². The maximum Gasteiger partial charge on any atom is 0.310 e. The van der Waals surface area contributed by atoms with Crippen molar-refractivity contribution >= 4 is 35.9 Å². The number of aryl methyl sites for hydroxylation is 1. The monoisotopic (exact) mass is 505 g/mol. The first-order valence-corrected chi connectivity index (χ1v) is 11.9. The van der Waals surface area contributed by atoms with Gasteiger partial charge in [-0.2, -0.15) is 0 Å². The molecule has 0 fully saturated rings. The highest BCUT2D eigenvalue weighted by atomic mass is 35.5. The summed E-state index contributed by atoms with van der Waals surface area (Å²) in [6.07, 6.45) is -0.186. The van der Waals surface area contributed by atoms with Crippen LogP contribution in [0.25, 0.3) is 11.1 Å². The van der Waals surface area contributed by atoms with Gasteiger partial charge in [-0.25, -0.2) is 0 Å². The van der Waals surface area contributed by atoms with E-state index in [1.807, 2.05) is 48.5 Å². The molecule has 0 saturated carbocycles. The number of rotatable bonds is 11. The minimum Gasteiger partial charge on any atom is -0.481 e. The summed E-state index contributed by atoms with van der Waals surface area (Å²) in [5.74, 6) is -3.13. The number of benzene rings is 3. The Labute approximate surface area is 213 Å². The molecule has 1 aliphatic rings. The molecule has 8 heteroatoms. The molecule has 0 bridgehead atoms. The van der Waals surface area contributed by atoms with Gasteiger partial charge in [-0.1, -0.05) is 60.1 Å². The van der Waals surface area contributed by atoms with Crippen LogP contribution in [0.2, 0.25) is 5.02 Å². The maximum atomic E-state index is 12.6. The van der Waals surface area contributed by atoms with Crippen LogP contribution in [0, 0.1) is 5.92 Å². The van der Waals surface area contributed by atoms with Crippen molar-refractivity contribution in [3.63, 3.8) is 0 Å². The van der Waals surface area contributed by atoms with Crippen LogP contribution in [-0.2, 0) is 20.7 Å². The molecule has 0 aliphatic carbocycles. The van der Waals surface area contributed by atoms with E-state index in [2.05, 4.69) is 0 Å².